The van der Waals surface area contributed by atoms with Gasteiger partial charge in [-0.25, -0.2) is 0 Å². The molecule has 1 heterocycles. The van der Waals surface area contributed by atoms with Gasteiger partial charge in [0.1, 0.15) is 5.75 Å². The zero-order chi connectivity index (χ0) is 15.2. The molecule has 1 aliphatic rings. The number of carbonyl (C=O) groups is 1. The van der Waals surface area contributed by atoms with Crippen LogP contribution in [-0.2, 0) is 0 Å². The van der Waals surface area contributed by atoms with Crippen molar-refractivity contribution in [1.82, 2.24) is 10.2 Å². The van der Waals surface area contributed by atoms with Crippen molar-refractivity contribution in [2.75, 3.05) is 19.7 Å². The number of hydrogen-bond acceptors (Lipinski definition) is 3. The molecule has 1 aliphatic heterocycles. The molecule has 1 amide bonds. The van der Waals surface area contributed by atoms with Gasteiger partial charge in [0, 0.05) is 13.1 Å². The maximum absolute atomic E-state index is 12.4. The van der Waals surface area contributed by atoms with Crippen LogP contribution in [0.2, 0.25) is 0 Å². The van der Waals surface area contributed by atoms with E-state index in [1.165, 1.54) is 0 Å². The smallest absolute Gasteiger partial charge is 0.261 e. The summed E-state index contributed by atoms with van der Waals surface area (Å²) in [5, 5.41) is 3.31. The molecule has 1 saturated heterocycles. The van der Waals surface area contributed by atoms with E-state index in [9.17, 15) is 4.79 Å². The highest BCUT2D eigenvalue weighted by atomic mass is 32.1. The molecule has 0 aliphatic carbocycles. The first-order chi connectivity index (χ1) is 10.1. The number of nitrogens with one attached hydrogen (secondary N) is 1. The van der Waals surface area contributed by atoms with Gasteiger partial charge < -0.3 is 9.64 Å². The SMILES string of the molecule is CC(C)COc1ccccc1C(=O)NC(=S)N1CCCC1. The van der Waals surface area contributed by atoms with Crippen molar-refractivity contribution in [2.45, 2.75) is 26.7 Å². The van der Waals surface area contributed by atoms with Crippen molar-refractivity contribution >= 4 is 23.2 Å². The Morgan fingerprint density at radius 3 is 2.67 bits per heavy atom. The van der Waals surface area contributed by atoms with Crippen LogP contribution in [0.3, 0.4) is 0 Å². The van der Waals surface area contributed by atoms with Crippen molar-refractivity contribution < 1.29 is 9.53 Å². The number of thiocarbonyl (C=S) groups is 1. The Morgan fingerprint density at radius 1 is 1.33 bits per heavy atom. The van der Waals surface area contributed by atoms with E-state index >= 15 is 0 Å². The van der Waals surface area contributed by atoms with E-state index in [-0.39, 0.29) is 5.91 Å². The molecule has 0 saturated carbocycles. The number of amides is 1. The highest BCUT2D eigenvalue weighted by molar-refractivity contribution is 7.80. The summed E-state index contributed by atoms with van der Waals surface area (Å²) >= 11 is 5.29. The van der Waals surface area contributed by atoms with E-state index in [4.69, 9.17) is 17.0 Å². The van der Waals surface area contributed by atoms with E-state index in [0.29, 0.717) is 29.0 Å². The van der Waals surface area contributed by atoms with Gasteiger partial charge in [0.25, 0.3) is 5.91 Å². The largest absolute Gasteiger partial charge is 0.492 e. The van der Waals surface area contributed by atoms with Crippen LogP contribution >= 0.6 is 12.2 Å². The van der Waals surface area contributed by atoms with Crippen molar-refractivity contribution in [3.63, 3.8) is 0 Å². The van der Waals surface area contributed by atoms with E-state index in [0.717, 1.165) is 25.9 Å². The molecule has 2 rings (SSSR count). The third kappa shape index (κ3) is 4.43. The number of hydrogen-bond donors (Lipinski definition) is 1. The second-order valence-corrected chi connectivity index (χ2v) is 6.04. The van der Waals surface area contributed by atoms with Crippen LogP contribution in [0.1, 0.15) is 37.0 Å². The Kier molecular flexibility index (Phi) is 5.56. The van der Waals surface area contributed by atoms with E-state index in [1.54, 1.807) is 6.07 Å². The zero-order valence-corrected chi connectivity index (χ0v) is 13.4. The van der Waals surface area contributed by atoms with Crippen LogP contribution in [-0.4, -0.2) is 35.6 Å². The van der Waals surface area contributed by atoms with Gasteiger partial charge >= 0.3 is 0 Å². The Morgan fingerprint density at radius 2 is 2.00 bits per heavy atom. The lowest BCUT2D eigenvalue weighted by Crippen LogP contribution is -2.41. The van der Waals surface area contributed by atoms with E-state index in [1.807, 2.05) is 23.1 Å². The molecule has 114 valence electrons. The maximum Gasteiger partial charge on any atom is 0.261 e. The molecule has 1 aromatic rings. The molecular weight excluding hydrogens is 284 g/mol. The molecule has 1 fully saturated rings. The van der Waals surface area contributed by atoms with Gasteiger partial charge in [-0.15, -0.1) is 0 Å². The Labute approximate surface area is 131 Å². The summed E-state index contributed by atoms with van der Waals surface area (Å²) in [6, 6.07) is 7.27. The average Bonchev–Trinajstić information content (AvgIpc) is 2.99. The minimum atomic E-state index is -0.203. The first-order valence-electron chi connectivity index (χ1n) is 7.40. The van der Waals surface area contributed by atoms with Gasteiger partial charge in [-0.05, 0) is 43.1 Å². The van der Waals surface area contributed by atoms with Gasteiger partial charge in [0.2, 0.25) is 0 Å². The third-order valence-electron chi connectivity index (χ3n) is 3.32. The minimum absolute atomic E-state index is 0.203. The molecule has 1 N–H and O–H groups in total. The van der Waals surface area contributed by atoms with Gasteiger partial charge in [0.05, 0.1) is 12.2 Å². The first kappa shape index (κ1) is 15.8. The molecule has 0 spiro atoms. The molecule has 21 heavy (non-hydrogen) atoms. The standard InChI is InChI=1S/C16H22N2O2S/c1-12(2)11-20-14-8-4-3-7-13(14)15(19)17-16(21)18-9-5-6-10-18/h3-4,7-8,12H,5-6,9-11H2,1-2H3,(H,17,19,21). The molecule has 4 nitrogen and oxygen atoms in total. The molecule has 1 aromatic carbocycles. The number of carbonyl (C=O) groups excluding carboxylic acids is 1. The van der Waals surface area contributed by atoms with Gasteiger partial charge in [0.15, 0.2) is 5.11 Å². The van der Waals surface area contributed by atoms with Crippen molar-refractivity contribution in [1.29, 1.82) is 0 Å². The Hall–Kier alpha value is -1.62. The zero-order valence-electron chi connectivity index (χ0n) is 12.6. The van der Waals surface area contributed by atoms with Gasteiger partial charge in [-0.1, -0.05) is 26.0 Å². The van der Waals surface area contributed by atoms with Gasteiger partial charge in [-0.2, -0.15) is 0 Å². The fourth-order valence-corrected chi connectivity index (χ4v) is 2.48. The van der Waals surface area contributed by atoms with Crippen molar-refractivity contribution in [3.05, 3.63) is 29.8 Å². The average molecular weight is 306 g/mol. The second kappa shape index (κ2) is 7.41. The summed E-state index contributed by atoms with van der Waals surface area (Å²) in [6.07, 6.45) is 2.26. The second-order valence-electron chi connectivity index (χ2n) is 5.65. The quantitative estimate of drug-likeness (QED) is 0.869. The highest BCUT2D eigenvalue weighted by Gasteiger charge is 2.19. The third-order valence-corrected chi connectivity index (χ3v) is 3.68. The van der Waals surface area contributed by atoms with Crippen LogP contribution in [0.25, 0.3) is 0 Å². The predicted octanol–water partition coefficient (Wildman–Crippen LogP) is 2.83. The number of ether oxygens (including phenoxy) is 1. The van der Waals surface area contributed by atoms with E-state index in [2.05, 4.69) is 19.2 Å². The molecule has 0 atom stereocenters. The molecule has 0 bridgehead atoms. The lowest BCUT2D eigenvalue weighted by molar-refractivity contribution is 0.0969. The predicted molar refractivity (Wildman–Crippen MR) is 87.6 cm³/mol. The molecule has 5 heteroatoms. The number of likely N-dealkylation sites (tertiary alicyclic amines) is 1. The lowest BCUT2D eigenvalue weighted by Gasteiger charge is -2.19. The Balaban J connectivity index is 2.02. The summed E-state index contributed by atoms with van der Waals surface area (Å²) < 4.78 is 5.71. The fraction of sp³-hybridized carbons (Fsp3) is 0.500. The van der Waals surface area contributed by atoms with Crippen LogP contribution in [0.15, 0.2) is 24.3 Å². The van der Waals surface area contributed by atoms with Gasteiger partial charge in [-0.3, -0.25) is 10.1 Å². The van der Waals surface area contributed by atoms with E-state index < -0.39 is 0 Å². The fourth-order valence-electron chi connectivity index (χ4n) is 2.20. The first-order valence-corrected chi connectivity index (χ1v) is 7.81. The summed E-state index contributed by atoms with van der Waals surface area (Å²) in [4.78, 5) is 14.4. The number of para-hydroxylation sites is 1. The van der Waals surface area contributed by atoms with Crippen molar-refractivity contribution in [2.24, 2.45) is 5.92 Å². The maximum atomic E-state index is 12.4. The number of benzene rings is 1. The summed E-state index contributed by atoms with van der Waals surface area (Å²) in [5.74, 6) is 0.811. The highest BCUT2D eigenvalue weighted by Crippen LogP contribution is 2.19. The minimum Gasteiger partial charge on any atom is -0.492 e. The van der Waals surface area contributed by atoms with Crippen LogP contribution in [0.5, 0.6) is 5.75 Å². The van der Waals surface area contributed by atoms with Crippen LogP contribution in [0, 0.1) is 5.92 Å². The molecular formula is C16H22N2O2S. The molecule has 0 unspecified atom stereocenters. The normalized spacial score (nSPS) is 14.3. The lowest BCUT2D eigenvalue weighted by atomic mass is 10.2. The van der Waals surface area contributed by atoms with Crippen molar-refractivity contribution in [3.8, 4) is 5.75 Å². The summed E-state index contributed by atoms with van der Waals surface area (Å²) in [7, 11) is 0. The molecule has 0 radical (unpaired) electrons. The molecule has 0 aromatic heterocycles. The summed E-state index contributed by atoms with van der Waals surface area (Å²) in [6.45, 7) is 6.58. The Bertz CT molecular complexity index is 511. The topological polar surface area (TPSA) is 41.6 Å². The van der Waals surface area contributed by atoms with Crippen LogP contribution in [0.4, 0.5) is 0 Å². The monoisotopic (exact) mass is 306 g/mol. The number of rotatable bonds is 4. The summed E-state index contributed by atoms with van der Waals surface area (Å²) in [5.41, 5.74) is 0.527. The van der Waals surface area contributed by atoms with Crippen LogP contribution < -0.4 is 10.1 Å². The number of nitrogens with zero attached hydrogens (tertiary/aromatic N) is 1.